The largest absolute Gasteiger partial charge is 2.00 e. The van der Waals surface area contributed by atoms with Gasteiger partial charge in [0.2, 0.25) is 0 Å². The first kappa shape index (κ1) is 36.5. The van der Waals surface area contributed by atoms with Gasteiger partial charge in [0.05, 0.1) is 18.5 Å². The molecule has 0 spiro atoms. The fourth-order valence-corrected chi connectivity index (χ4v) is 6.16. The molecular formula is C27H50Br2N2NiO2. The molecule has 0 N–H and O–H groups in total. The van der Waals surface area contributed by atoms with Crippen LogP contribution in [0, 0.1) is 34.5 Å². The van der Waals surface area contributed by atoms with Gasteiger partial charge in [-0.25, -0.2) is 9.98 Å². The molecule has 2 aliphatic rings. The van der Waals surface area contributed by atoms with E-state index in [0.717, 1.165) is 11.8 Å². The van der Waals surface area contributed by atoms with Gasteiger partial charge in [0.25, 0.3) is 0 Å². The van der Waals surface area contributed by atoms with Crippen molar-refractivity contribution in [3.8, 4) is 0 Å². The van der Waals surface area contributed by atoms with Crippen molar-refractivity contribution in [3.05, 3.63) is 0 Å². The summed E-state index contributed by atoms with van der Waals surface area (Å²) in [6.07, 6.45) is 0.543. The zero-order chi connectivity index (χ0) is 24.2. The van der Waals surface area contributed by atoms with Gasteiger partial charge in [0.1, 0.15) is 11.2 Å². The van der Waals surface area contributed by atoms with E-state index in [2.05, 4.69) is 96.9 Å². The topological polar surface area (TPSA) is 43.2 Å². The Balaban J connectivity index is 0. The number of aliphatic imine (C=N–C) groups is 2. The van der Waals surface area contributed by atoms with Crippen molar-refractivity contribution in [2.45, 2.75) is 127 Å². The molecule has 34 heavy (non-hydrogen) atoms. The van der Waals surface area contributed by atoms with Gasteiger partial charge in [-0.1, -0.05) is 96.9 Å². The maximum atomic E-state index is 6.77. The Bertz CT molecular complexity index is 643. The number of nitrogens with zero attached hydrogens (tertiary/aromatic N) is 2. The van der Waals surface area contributed by atoms with Gasteiger partial charge in [0.15, 0.2) is 11.8 Å². The van der Waals surface area contributed by atoms with E-state index in [4.69, 9.17) is 19.5 Å². The second-order valence-electron chi connectivity index (χ2n) is 13.3. The predicted octanol–water partition coefficient (Wildman–Crippen LogP) is 1.17. The van der Waals surface area contributed by atoms with E-state index in [1.54, 1.807) is 0 Å². The Morgan fingerprint density at radius 1 is 0.618 bits per heavy atom. The minimum Gasteiger partial charge on any atom is -1.00 e. The van der Waals surface area contributed by atoms with Crippen LogP contribution in [-0.2, 0) is 26.0 Å². The molecule has 7 heteroatoms. The van der Waals surface area contributed by atoms with Crippen LogP contribution in [0.2, 0.25) is 0 Å². The maximum Gasteiger partial charge on any atom is 2.00 e. The van der Waals surface area contributed by atoms with Crippen LogP contribution in [0.15, 0.2) is 9.98 Å². The molecule has 0 radical (unpaired) electrons. The molecule has 2 aliphatic heterocycles. The van der Waals surface area contributed by atoms with Crippen LogP contribution in [0.3, 0.4) is 0 Å². The summed E-state index contributed by atoms with van der Waals surface area (Å²) < 4.78 is 13.5. The van der Waals surface area contributed by atoms with Crippen LogP contribution >= 0.6 is 0 Å². The molecule has 0 saturated carbocycles. The van der Waals surface area contributed by atoms with Crippen LogP contribution in [-0.4, -0.2) is 35.1 Å². The number of hydrogen-bond acceptors (Lipinski definition) is 4. The SMILES string of the molecule is CC(C)C1(C(C)C)OC(CC2=N[C@H](C(C)(C)C)C(C(C)C)(C(C)C)O2)=N[C@@H]1C(C)(C)C.[Br-].[Br-].[Ni+2]. The molecule has 0 saturated heterocycles. The summed E-state index contributed by atoms with van der Waals surface area (Å²) in [7, 11) is 0. The Kier molecular flexibility index (Phi) is 13.2. The molecule has 2 atom stereocenters. The Hall–Kier alpha value is 0.394. The van der Waals surface area contributed by atoms with Crippen LogP contribution in [0.25, 0.3) is 0 Å². The molecular weight excluding hydrogens is 603 g/mol. The van der Waals surface area contributed by atoms with E-state index >= 15 is 0 Å². The van der Waals surface area contributed by atoms with Gasteiger partial charge in [-0.15, -0.1) is 0 Å². The van der Waals surface area contributed by atoms with E-state index in [9.17, 15) is 0 Å². The zero-order valence-electron chi connectivity index (χ0n) is 24.0. The smallest absolute Gasteiger partial charge is 1.00 e. The molecule has 0 unspecified atom stereocenters. The van der Waals surface area contributed by atoms with Gasteiger partial charge in [-0.05, 0) is 34.5 Å². The summed E-state index contributed by atoms with van der Waals surface area (Å²) in [6.45, 7) is 31.7. The van der Waals surface area contributed by atoms with E-state index in [1.165, 1.54) is 0 Å². The second kappa shape index (κ2) is 12.3. The van der Waals surface area contributed by atoms with E-state index < -0.39 is 0 Å². The molecule has 2 heterocycles. The number of ether oxygens (including phenoxy) is 2. The van der Waals surface area contributed by atoms with Crippen molar-refractivity contribution < 1.29 is 59.9 Å². The van der Waals surface area contributed by atoms with Gasteiger partial charge in [0, 0.05) is 0 Å². The molecule has 0 bridgehead atoms. The average molecular weight is 653 g/mol. The van der Waals surface area contributed by atoms with Crippen LogP contribution in [0.1, 0.15) is 103 Å². The van der Waals surface area contributed by atoms with Crippen molar-refractivity contribution >= 4 is 11.8 Å². The van der Waals surface area contributed by atoms with Crippen molar-refractivity contribution in [3.63, 3.8) is 0 Å². The van der Waals surface area contributed by atoms with Gasteiger partial charge in [-0.2, -0.15) is 0 Å². The summed E-state index contributed by atoms with van der Waals surface area (Å²) in [4.78, 5) is 10.4. The standard InChI is InChI=1S/C27H50N2O2.2BrH.Ni/c1-16(2)26(17(3)4)22(24(9,10)11)28-20(30-26)15-21-29-23(25(12,13)14)27(31-21,18(5)6)19(7)8;;;/h16-19,22-23H,15H2,1-14H3;2*1H;/q;;;+2/p-2/t22-,23-;;;/m1.../s1. The third kappa shape index (κ3) is 6.44. The average Bonchev–Trinajstić information content (AvgIpc) is 3.15. The molecule has 2 rings (SSSR count). The third-order valence-electron chi connectivity index (χ3n) is 7.54. The fourth-order valence-electron chi connectivity index (χ4n) is 6.16. The zero-order valence-corrected chi connectivity index (χ0v) is 28.1. The van der Waals surface area contributed by atoms with Gasteiger partial charge < -0.3 is 43.4 Å². The first-order chi connectivity index (χ1) is 13.9. The van der Waals surface area contributed by atoms with E-state index in [-0.39, 0.29) is 84.6 Å². The van der Waals surface area contributed by atoms with E-state index in [1.807, 2.05) is 0 Å². The van der Waals surface area contributed by atoms with Crippen molar-refractivity contribution in [2.24, 2.45) is 44.5 Å². The van der Waals surface area contributed by atoms with Gasteiger partial charge >= 0.3 is 16.5 Å². The summed E-state index contributed by atoms with van der Waals surface area (Å²) in [5, 5.41) is 0. The summed E-state index contributed by atoms with van der Waals surface area (Å²) in [5.41, 5.74) is -0.572. The molecule has 0 amide bonds. The molecule has 204 valence electrons. The summed E-state index contributed by atoms with van der Waals surface area (Å²) >= 11 is 0. The summed E-state index contributed by atoms with van der Waals surface area (Å²) in [5.74, 6) is 3.01. The van der Waals surface area contributed by atoms with Gasteiger partial charge in [-0.3, -0.25) is 0 Å². The normalized spacial score (nSPS) is 23.6. The Morgan fingerprint density at radius 3 is 1.00 bits per heavy atom. The minimum absolute atomic E-state index is 0. The first-order valence-electron chi connectivity index (χ1n) is 12.4. The molecule has 0 aliphatic carbocycles. The van der Waals surface area contributed by atoms with Crippen LogP contribution < -0.4 is 34.0 Å². The molecule has 4 nitrogen and oxygen atoms in total. The quantitative estimate of drug-likeness (QED) is 0.405. The van der Waals surface area contributed by atoms with Crippen molar-refractivity contribution in [1.29, 1.82) is 0 Å². The van der Waals surface area contributed by atoms with E-state index in [0.29, 0.717) is 30.1 Å². The number of halogens is 2. The molecule has 0 aromatic carbocycles. The molecule has 0 aromatic rings. The van der Waals surface area contributed by atoms with Crippen molar-refractivity contribution in [2.75, 3.05) is 0 Å². The first-order valence-corrected chi connectivity index (χ1v) is 12.4. The Labute approximate surface area is 241 Å². The Morgan fingerprint density at radius 2 is 0.853 bits per heavy atom. The molecule has 0 fully saturated rings. The second-order valence-corrected chi connectivity index (χ2v) is 13.3. The number of rotatable bonds is 6. The summed E-state index contributed by atoms with van der Waals surface area (Å²) in [6, 6.07) is 0.214. The van der Waals surface area contributed by atoms with Crippen molar-refractivity contribution in [1.82, 2.24) is 0 Å². The maximum absolute atomic E-state index is 6.77. The third-order valence-corrected chi connectivity index (χ3v) is 7.54. The molecule has 0 aromatic heterocycles. The van der Waals surface area contributed by atoms with Crippen LogP contribution in [0.4, 0.5) is 0 Å². The number of hydrogen-bond donors (Lipinski definition) is 0. The monoisotopic (exact) mass is 650 g/mol. The predicted molar refractivity (Wildman–Crippen MR) is 133 cm³/mol. The fraction of sp³-hybridized carbons (Fsp3) is 0.926. The van der Waals surface area contributed by atoms with Crippen LogP contribution in [0.5, 0.6) is 0 Å². The minimum atomic E-state index is -0.302.